The van der Waals surface area contributed by atoms with Gasteiger partial charge in [0.25, 0.3) is 0 Å². The van der Waals surface area contributed by atoms with Crippen molar-refractivity contribution in [3.63, 3.8) is 0 Å². The van der Waals surface area contributed by atoms with Gasteiger partial charge in [-0.15, -0.1) is 11.8 Å². The summed E-state index contributed by atoms with van der Waals surface area (Å²) >= 11 is 7.79. The number of nitrogens with zero attached hydrogens (tertiary/aromatic N) is 2. The maximum Gasteiger partial charge on any atom is 0.238 e. The van der Waals surface area contributed by atoms with Crippen molar-refractivity contribution < 1.29 is 9.59 Å². The van der Waals surface area contributed by atoms with Gasteiger partial charge in [-0.05, 0) is 36.1 Å². The maximum atomic E-state index is 12.5. The van der Waals surface area contributed by atoms with Gasteiger partial charge in [-0.3, -0.25) is 14.5 Å². The molecule has 28 heavy (non-hydrogen) atoms. The fourth-order valence-corrected chi connectivity index (χ4v) is 3.84. The van der Waals surface area contributed by atoms with Crippen molar-refractivity contribution in [3.05, 3.63) is 59.1 Å². The Hall–Kier alpha value is -2.02. The predicted molar refractivity (Wildman–Crippen MR) is 115 cm³/mol. The molecule has 1 fully saturated rings. The number of carbonyl (C=O) groups excluding carboxylic acids is 2. The molecule has 0 atom stereocenters. The second-order valence-electron chi connectivity index (χ2n) is 6.71. The third kappa shape index (κ3) is 5.74. The van der Waals surface area contributed by atoms with Crippen LogP contribution < -0.4 is 5.32 Å². The number of hydrogen-bond donors (Lipinski definition) is 1. The van der Waals surface area contributed by atoms with Gasteiger partial charge in [0.15, 0.2) is 0 Å². The lowest BCUT2D eigenvalue weighted by molar-refractivity contribution is -0.132. The van der Waals surface area contributed by atoms with E-state index in [1.807, 2.05) is 53.6 Å². The highest BCUT2D eigenvalue weighted by atomic mass is 35.5. The first kappa shape index (κ1) is 20.7. The SMILES string of the molecule is CSc1cccc(NC(=O)CN2CCN(C(=O)Cc3ccccc3Cl)CC2)c1. The highest BCUT2D eigenvalue weighted by Gasteiger charge is 2.23. The molecule has 2 aromatic rings. The van der Waals surface area contributed by atoms with Gasteiger partial charge in [-0.2, -0.15) is 0 Å². The van der Waals surface area contributed by atoms with Gasteiger partial charge in [0, 0.05) is 41.8 Å². The van der Waals surface area contributed by atoms with Crippen LogP contribution in [0.1, 0.15) is 5.56 Å². The van der Waals surface area contributed by atoms with Crippen LogP contribution in [0.2, 0.25) is 5.02 Å². The third-order valence-corrected chi connectivity index (χ3v) is 5.84. The fraction of sp³-hybridized carbons (Fsp3) is 0.333. The number of carbonyl (C=O) groups is 2. The summed E-state index contributed by atoms with van der Waals surface area (Å²) in [6.45, 7) is 2.95. The van der Waals surface area contributed by atoms with Crippen molar-refractivity contribution in [2.75, 3.05) is 44.3 Å². The molecule has 1 heterocycles. The summed E-state index contributed by atoms with van der Waals surface area (Å²) in [6.07, 6.45) is 2.32. The number of rotatable bonds is 6. The smallest absolute Gasteiger partial charge is 0.238 e. The number of halogens is 1. The average molecular weight is 418 g/mol. The van der Waals surface area contributed by atoms with Gasteiger partial charge in [0.2, 0.25) is 11.8 Å². The predicted octanol–water partition coefficient (Wildman–Crippen LogP) is 3.39. The van der Waals surface area contributed by atoms with Crippen molar-refractivity contribution in [3.8, 4) is 0 Å². The second-order valence-corrected chi connectivity index (χ2v) is 7.99. The van der Waals surface area contributed by atoms with Gasteiger partial charge < -0.3 is 10.2 Å². The monoisotopic (exact) mass is 417 g/mol. The standard InChI is InChI=1S/C21H24ClN3O2S/c1-28-18-7-4-6-17(14-18)23-20(26)15-24-9-11-25(12-10-24)21(27)13-16-5-2-3-8-19(16)22/h2-8,14H,9-13,15H2,1H3,(H,23,26). The largest absolute Gasteiger partial charge is 0.340 e. The number of hydrogen-bond acceptors (Lipinski definition) is 4. The van der Waals surface area contributed by atoms with Crippen LogP contribution in [-0.4, -0.2) is 60.6 Å². The van der Waals surface area contributed by atoms with E-state index in [0.29, 0.717) is 44.2 Å². The lowest BCUT2D eigenvalue weighted by atomic mass is 10.1. The van der Waals surface area contributed by atoms with Gasteiger partial charge in [-0.25, -0.2) is 0 Å². The average Bonchev–Trinajstić information content (AvgIpc) is 2.70. The minimum atomic E-state index is -0.0332. The summed E-state index contributed by atoms with van der Waals surface area (Å²) in [6, 6.07) is 15.2. The Kier molecular flexibility index (Phi) is 7.36. The van der Waals surface area contributed by atoms with Crippen molar-refractivity contribution in [1.82, 2.24) is 9.80 Å². The van der Waals surface area contributed by atoms with Crippen molar-refractivity contribution in [2.24, 2.45) is 0 Å². The van der Waals surface area contributed by atoms with Crippen LogP contribution in [0.15, 0.2) is 53.4 Å². The fourth-order valence-electron chi connectivity index (χ4n) is 3.18. The van der Waals surface area contributed by atoms with Crippen molar-refractivity contribution >= 4 is 40.9 Å². The number of piperazine rings is 1. The molecule has 0 aromatic heterocycles. The molecular formula is C21H24ClN3O2S. The van der Waals surface area contributed by atoms with E-state index in [2.05, 4.69) is 10.2 Å². The Labute approximate surface area is 175 Å². The molecule has 0 unspecified atom stereocenters. The van der Waals surface area contributed by atoms with E-state index >= 15 is 0 Å². The van der Waals surface area contributed by atoms with Crippen LogP contribution in [0.5, 0.6) is 0 Å². The molecule has 2 aromatic carbocycles. The van der Waals surface area contributed by atoms with Crippen LogP contribution in [0, 0.1) is 0 Å². The molecule has 7 heteroatoms. The minimum absolute atomic E-state index is 0.0332. The zero-order chi connectivity index (χ0) is 19.9. The van der Waals surface area contributed by atoms with Gasteiger partial charge in [0.1, 0.15) is 0 Å². The van der Waals surface area contributed by atoms with E-state index in [1.54, 1.807) is 17.8 Å². The second kappa shape index (κ2) is 9.96. The Balaban J connectivity index is 1.45. The number of anilines is 1. The first-order valence-corrected chi connectivity index (χ1v) is 10.8. The van der Waals surface area contributed by atoms with E-state index in [0.717, 1.165) is 16.1 Å². The van der Waals surface area contributed by atoms with Crippen LogP contribution in [0.25, 0.3) is 0 Å². The molecule has 0 spiro atoms. The number of benzene rings is 2. The molecule has 0 radical (unpaired) electrons. The third-order valence-electron chi connectivity index (χ3n) is 4.75. The zero-order valence-corrected chi connectivity index (χ0v) is 17.4. The Bertz CT molecular complexity index is 838. The number of nitrogens with one attached hydrogen (secondary N) is 1. The summed E-state index contributed by atoms with van der Waals surface area (Å²) in [5.41, 5.74) is 1.66. The molecule has 1 aliphatic rings. The van der Waals surface area contributed by atoms with E-state index in [1.165, 1.54) is 0 Å². The zero-order valence-electron chi connectivity index (χ0n) is 15.9. The summed E-state index contributed by atoms with van der Waals surface area (Å²) in [5, 5.41) is 3.57. The molecule has 3 rings (SSSR count). The van der Waals surface area contributed by atoms with Crippen molar-refractivity contribution in [1.29, 1.82) is 0 Å². The summed E-state index contributed by atoms with van der Waals surface area (Å²) < 4.78 is 0. The quantitative estimate of drug-likeness (QED) is 0.732. The van der Waals surface area contributed by atoms with E-state index < -0.39 is 0 Å². The first-order chi connectivity index (χ1) is 13.5. The molecule has 148 valence electrons. The molecule has 1 saturated heterocycles. The summed E-state index contributed by atoms with van der Waals surface area (Å²) in [5.74, 6) is 0.0418. The van der Waals surface area contributed by atoms with Crippen molar-refractivity contribution in [2.45, 2.75) is 11.3 Å². The van der Waals surface area contributed by atoms with E-state index in [4.69, 9.17) is 11.6 Å². The normalized spacial score (nSPS) is 14.7. The van der Waals surface area contributed by atoms with Crippen LogP contribution in [0.4, 0.5) is 5.69 Å². The van der Waals surface area contributed by atoms with Gasteiger partial charge in [0.05, 0.1) is 13.0 Å². The number of thioether (sulfide) groups is 1. The van der Waals surface area contributed by atoms with Gasteiger partial charge >= 0.3 is 0 Å². The van der Waals surface area contributed by atoms with Crippen LogP contribution in [-0.2, 0) is 16.0 Å². The van der Waals surface area contributed by atoms with Gasteiger partial charge in [-0.1, -0.05) is 35.9 Å². The molecule has 5 nitrogen and oxygen atoms in total. The summed E-state index contributed by atoms with van der Waals surface area (Å²) in [4.78, 5) is 29.9. The van der Waals surface area contributed by atoms with E-state index in [-0.39, 0.29) is 11.8 Å². The topological polar surface area (TPSA) is 52.7 Å². The van der Waals surface area contributed by atoms with Crippen LogP contribution in [0.3, 0.4) is 0 Å². The Morgan fingerprint density at radius 2 is 1.82 bits per heavy atom. The molecule has 0 bridgehead atoms. The Morgan fingerprint density at radius 3 is 2.54 bits per heavy atom. The molecular weight excluding hydrogens is 394 g/mol. The summed E-state index contributed by atoms with van der Waals surface area (Å²) in [7, 11) is 0. The lowest BCUT2D eigenvalue weighted by Gasteiger charge is -2.34. The first-order valence-electron chi connectivity index (χ1n) is 9.22. The minimum Gasteiger partial charge on any atom is -0.340 e. The number of amides is 2. The lowest BCUT2D eigenvalue weighted by Crippen LogP contribution is -2.50. The molecule has 0 saturated carbocycles. The Morgan fingerprint density at radius 1 is 1.07 bits per heavy atom. The molecule has 1 N–H and O–H groups in total. The van der Waals surface area contributed by atoms with Crippen LogP contribution >= 0.6 is 23.4 Å². The molecule has 2 amide bonds. The highest BCUT2D eigenvalue weighted by molar-refractivity contribution is 7.98. The highest BCUT2D eigenvalue weighted by Crippen LogP contribution is 2.19. The van der Waals surface area contributed by atoms with E-state index in [9.17, 15) is 9.59 Å². The molecule has 1 aliphatic heterocycles. The molecule has 0 aliphatic carbocycles. The maximum absolute atomic E-state index is 12.5.